The number of carbonyl (C=O) groups excluding carboxylic acids is 1. The minimum Gasteiger partial charge on any atom is -0.377 e. The van der Waals surface area contributed by atoms with Crippen LogP contribution in [0.2, 0.25) is 0 Å². The predicted octanol–water partition coefficient (Wildman–Crippen LogP) is 1.05. The van der Waals surface area contributed by atoms with Crippen LogP contribution in [0.5, 0.6) is 0 Å². The molecule has 1 fully saturated rings. The first-order valence-electron chi connectivity index (χ1n) is 5.41. The summed E-state index contributed by atoms with van der Waals surface area (Å²) in [6.07, 6.45) is 0. The summed E-state index contributed by atoms with van der Waals surface area (Å²) >= 11 is 0. The van der Waals surface area contributed by atoms with E-state index in [9.17, 15) is 4.79 Å². The molecule has 1 atom stereocenters. The number of carbonyl (C=O) groups is 1. The normalized spacial score (nSPS) is 22.9. The number of morpholine rings is 1. The van der Waals surface area contributed by atoms with Crippen LogP contribution in [0.4, 0.5) is 0 Å². The maximum Gasteiger partial charge on any atom is 0.248 e. The number of amides is 1. The van der Waals surface area contributed by atoms with Gasteiger partial charge in [0.15, 0.2) is 0 Å². The van der Waals surface area contributed by atoms with Crippen molar-refractivity contribution >= 4 is 5.91 Å². The van der Waals surface area contributed by atoms with E-state index in [-0.39, 0.29) is 24.2 Å². The molecule has 0 spiro atoms. The molecule has 0 bridgehead atoms. The fraction of sp³-hybridized carbons (Fsp3) is 0.909. The molecule has 0 aliphatic carbocycles. The molecule has 1 heterocycles. The summed E-state index contributed by atoms with van der Waals surface area (Å²) in [7, 11) is 0. The van der Waals surface area contributed by atoms with Crippen LogP contribution in [0.15, 0.2) is 0 Å². The van der Waals surface area contributed by atoms with Gasteiger partial charge in [0.1, 0.15) is 6.61 Å². The largest absolute Gasteiger partial charge is 0.377 e. The van der Waals surface area contributed by atoms with E-state index in [0.29, 0.717) is 19.8 Å². The Morgan fingerprint density at radius 2 is 2.20 bits per heavy atom. The van der Waals surface area contributed by atoms with Gasteiger partial charge < -0.3 is 14.4 Å². The van der Waals surface area contributed by atoms with Crippen molar-refractivity contribution in [1.82, 2.24) is 4.90 Å². The van der Waals surface area contributed by atoms with Crippen molar-refractivity contribution in [3.8, 4) is 0 Å². The minimum absolute atomic E-state index is 0.0562. The number of nitrogens with zero attached hydrogens (tertiary/aromatic N) is 1. The van der Waals surface area contributed by atoms with Crippen LogP contribution in [-0.2, 0) is 14.3 Å². The van der Waals surface area contributed by atoms with Gasteiger partial charge in [-0.3, -0.25) is 4.79 Å². The van der Waals surface area contributed by atoms with E-state index < -0.39 is 0 Å². The molecule has 0 unspecified atom stereocenters. The van der Waals surface area contributed by atoms with Gasteiger partial charge in [0.2, 0.25) is 5.91 Å². The number of hydrogen-bond acceptors (Lipinski definition) is 3. The molecule has 0 saturated carbocycles. The molecule has 1 saturated heterocycles. The second kappa shape index (κ2) is 4.94. The van der Waals surface area contributed by atoms with Crippen molar-refractivity contribution in [2.75, 3.05) is 26.4 Å². The van der Waals surface area contributed by atoms with Gasteiger partial charge in [0, 0.05) is 6.54 Å². The predicted molar refractivity (Wildman–Crippen MR) is 57.7 cm³/mol. The van der Waals surface area contributed by atoms with Crippen molar-refractivity contribution in [3.63, 3.8) is 0 Å². The van der Waals surface area contributed by atoms with Crippen LogP contribution in [-0.4, -0.2) is 48.8 Å². The Kier molecular flexibility index (Phi) is 4.11. The Bertz CT molecular complexity index is 222. The second-order valence-electron chi connectivity index (χ2n) is 4.91. The molecule has 1 aliphatic rings. The molecule has 1 rings (SSSR count). The topological polar surface area (TPSA) is 38.8 Å². The molecular formula is C11H21NO3. The molecule has 15 heavy (non-hydrogen) atoms. The zero-order valence-corrected chi connectivity index (χ0v) is 10.1. The summed E-state index contributed by atoms with van der Waals surface area (Å²) in [5.74, 6) is 0.0562. The third-order valence-electron chi connectivity index (χ3n) is 2.32. The van der Waals surface area contributed by atoms with Crippen LogP contribution in [0.1, 0.15) is 27.7 Å². The van der Waals surface area contributed by atoms with Gasteiger partial charge in [-0.25, -0.2) is 0 Å². The molecule has 88 valence electrons. The summed E-state index contributed by atoms with van der Waals surface area (Å²) in [5.41, 5.74) is -0.259. The highest BCUT2D eigenvalue weighted by Gasteiger charge is 2.24. The van der Waals surface area contributed by atoms with Gasteiger partial charge in [-0.15, -0.1) is 0 Å². The molecule has 4 nitrogen and oxygen atoms in total. The third kappa shape index (κ3) is 4.18. The van der Waals surface area contributed by atoms with Gasteiger partial charge in [-0.2, -0.15) is 0 Å². The Hall–Kier alpha value is -0.610. The summed E-state index contributed by atoms with van der Waals surface area (Å²) in [4.78, 5) is 13.6. The first-order valence-corrected chi connectivity index (χ1v) is 5.41. The first kappa shape index (κ1) is 12.5. The maximum atomic E-state index is 11.8. The van der Waals surface area contributed by atoms with Gasteiger partial charge in [0.05, 0.1) is 24.9 Å². The maximum absolute atomic E-state index is 11.8. The molecule has 0 aromatic carbocycles. The van der Waals surface area contributed by atoms with Crippen LogP contribution in [0.3, 0.4) is 0 Å². The summed E-state index contributed by atoms with van der Waals surface area (Å²) in [6, 6.07) is 0.162. The van der Waals surface area contributed by atoms with E-state index >= 15 is 0 Å². The zero-order chi connectivity index (χ0) is 11.5. The van der Waals surface area contributed by atoms with E-state index in [4.69, 9.17) is 9.47 Å². The minimum atomic E-state index is -0.259. The zero-order valence-electron chi connectivity index (χ0n) is 10.1. The van der Waals surface area contributed by atoms with Crippen molar-refractivity contribution in [2.45, 2.75) is 39.3 Å². The smallest absolute Gasteiger partial charge is 0.248 e. The highest BCUT2D eigenvalue weighted by molar-refractivity contribution is 5.77. The molecule has 0 N–H and O–H groups in total. The van der Waals surface area contributed by atoms with Gasteiger partial charge in [-0.1, -0.05) is 0 Å². The third-order valence-corrected chi connectivity index (χ3v) is 2.32. The highest BCUT2D eigenvalue weighted by Crippen LogP contribution is 2.10. The molecule has 1 aliphatic heterocycles. The summed E-state index contributed by atoms with van der Waals surface area (Å²) in [6.45, 7) is 9.93. The van der Waals surface area contributed by atoms with E-state index in [1.165, 1.54) is 0 Å². The van der Waals surface area contributed by atoms with E-state index in [1.807, 2.05) is 32.6 Å². The van der Waals surface area contributed by atoms with Crippen LogP contribution >= 0.6 is 0 Å². The molecule has 1 amide bonds. The fourth-order valence-corrected chi connectivity index (χ4v) is 1.46. The summed E-state index contributed by atoms with van der Waals surface area (Å²) in [5, 5.41) is 0. The van der Waals surface area contributed by atoms with Gasteiger partial charge in [-0.05, 0) is 27.7 Å². The van der Waals surface area contributed by atoms with Gasteiger partial charge >= 0.3 is 0 Å². The Labute approximate surface area is 91.5 Å². The lowest BCUT2D eigenvalue weighted by atomic mass is 10.2. The molecule has 0 radical (unpaired) electrons. The van der Waals surface area contributed by atoms with Crippen molar-refractivity contribution < 1.29 is 14.3 Å². The molecular weight excluding hydrogens is 194 g/mol. The number of ether oxygens (including phenoxy) is 2. The van der Waals surface area contributed by atoms with E-state index in [0.717, 1.165) is 0 Å². The van der Waals surface area contributed by atoms with Crippen LogP contribution < -0.4 is 0 Å². The lowest BCUT2D eigenvalue weighted by molar-refractivity contribution is -0.148. The van der Waals surface area contributed by atoms with E-state index in [2.05, 4.69) is 0 Å². The van der Waals surface area contributed by atoms with Crippen molar-refractivity contribution in [1.29, 1.82) is 0 Å². The SMILES string of the molecule is C[C@@H]1COCCN1C(=O)COC(C)(C)C. The number of rotatable bonds is 2. The van der Waals surface area contributed by atoms with E-state index in [1.54, 1.807) is 0 Å². The summed E-state index contributed by atoms with van der Waals surface area (Å²) < 4.78 is 10.7. The van der Waals surface area contributed by atoms with Crippen molar-refractivity contribution in [3.05, 3.63) is 0 Å². The van der Waals surface area contributed by atoms with Crippen molar-refractivity contribution in [2.24, 2.45) is 0 Å². The first-order chi connectivity index (χ1) is 6.90. The Morgan fingerprint density at radius 3 is 2.73 bits per heavy atom. The average Bonchev–Trinajstić information content (AvgIpc) is 2.14. The quantitative estimate of drug-likeness (QED) is 0.691. The monoisotopic (exact) mass is 215 g/mol. The molecule has 0 aromatic heterocycles. The highest BCUT2D eigenvalue weighted by atomic mass is 16.5. The van der Waals surface area contributed by atoms with Crippen LogP contribution in [0, 0.1) is 0 Å². The second-order valence-corrected chi connectivity index (χ2v) is 4.91. The number of hydrogen-bond donors (Lipinski definition) is 0. The van der Waals surface area contributed by atoms with Gasteiger partial charge in [0.25, 0.3) is 0 Å². The Balaban J connectivity index is 2.39. The Morgan fingerprint density at radius 1 is 1.53 bits per heavy atom. The fourth-order valence-electron chi connectivity index (χ4n) is 1.46. The van der Waals surface area contributed by atoms with Crippen LogP contribution in [0.25, 0.3) is 0 Å². The molecule has 0 aromatic rings. The average molecular weight is 215 g/mol. The lowest BCUT2D eigenvalue weighted by Gasteiger charge is -2.34. The molecule has 4 heteroatoms. The standard InChI is InChI=1S/C11H21NO3/c1-9-7-14-6-5-12(9)10(13)8-15-11(2,3)4/h9H,5-8H2,1-4H3/t9-/m1/s1. The lowest BCUT2D eigenvalue weighted by Crippen LogP contribution is -2.49.